The molecule has 1 aliphatic rings. The van der Waals surface area contributed by atoms with Crippen molar-refractivity contribution in [3.8, 4) is 5.75 Å². The maximum atomic E-state index is 5.47. The molecule has 0 bridgehead atoms. The van der Waals surface area contributed by atoms with E-state index >= 15 is 0 Å². The fourth-order valence-corrected chi connectivity index (χ4v) is 3.58. The van der Waals surface area contributed by atoms with Gasteiger partial charge < -0.3 is 4.74 Å². The van der Waals surface area contributed by atoms with Crippen molar-refractivity contribution >= 4 is 11.8 Å². The summed E-state index contributed by atoms with van der Waals surface area (Å²) in [4.78, 5) is 6.40. The van der Waals surface area contributed by atoms with E-state index in [0.717, 1.165) is 45.0 Å². The van der Waals surface area contributed by atoms with E-state index in [4.69, 9.17) is 4.74 Å². The summed E-state index contributed by atoms with van der Waals surface area (Å²) in [6, 6.07) is 17.3. The third kappa shape index (κ3) is 4.53. The van der Waals surface area contributed by atoms with Crippen LogP contribution in [0.1, 0.15) is 11.1 Å². The Morgan fingerprint density at radius 3 is 2.12 bits per heavy atom. The zero-order valence-electron chi connectivity index (χ0n) is 14.6. The highest BCUT2D eigenvalue weighted by molar-refractivity contribution is 7.98. The first-order valence-corrected chi connectivity index (χ1v) is 9.70. The molecular formula is C20H26N2OS. The Morgan fingerprint density at radius 1 is 0.875 bits per heavy atom. The summed E-state index contributed by atoms with van der Waals surface area (Å²) in [5, 5.41) is 0. The Kier molecular flexibility index (Phi) is 6.18. The van der Waals surface area contributed by atoms with Gasteiger partial charge in [0.1, 0.15) is 5.75 Å². The quantitative estimate of drug-likeness (QED) is 0.743. The molecule has 0 aromatic heterocycles. The van der Waals surface area contributed by atoms with Crippen molar-refractivity contribution in [2.45, 2.75) is 18.0 Å². The molecule has 2 aromatic carbocycles. The molecule has 0 saturated carbocycles. The first-order valence-electron chi connectivity index (χ1n) is 8.48. The van der Waals surface area contributed by atoms with Crippen molar-refractivity contribution in [2.75, 3.05) is 39.5 Å². The van der Waals surface area contributed by atoms with Crippen LogP contribution in [0.3, 0.4) is 0 Å². The first-order chi connectivity index (χ1) is 11.8. The number of thioether (sulfide) groups is 1. The van der Waals surface area contributed by atoms with Crippen LogP contribution in [-0.2, 0) is 13.1 Å². The van der Waals surface area contributed by atoms with Crippen LogP contribution in [0.5, 0.6) is 5.75 Å². The molecule has 0 radical (unpaired) electrons. The van der Waals surface area contributed by atoms with Gasteiger partial charge in [-0.1, -0.05) is 30.3 Å². The number of piperazine rings is 1. The average molecular weight is 343 g/mol. The molecule has 1 aliphatic heterocycles. The summed E-state index contributed by atoms with van der Waals surface area (Å²) < 4.78 is 5.47. The maximum absolute atomic E-state index is 5.47. The van der Waals surface area contributed by atoms with Crippen LogP contribution in [0.2, 0.25) is 0 Å². The van der Waals surface area contributed by atoms with Gasteiger partial charge in [-0.15, -0.1) is 11.8 Å². The van der Waals surface area contributed by atoms with Crippen molar-refractivity contribution in [2.24, 2.45) is 0 Å². The predicted octanol–water partition coefficient (Wildman–Crippen LogP) is 3.73. The number of rotatable bonds is 6. The van der Waals surface area contributed by atoms with Crippen LogP contribution in [-0.4, -0.2) is 49.3 Å². The van der Waals surface area contributed by atoms with Crippen LogP contribution >= 0.6 is 11.8 Å². The molecule has 2 aromatic rings. The molecule has 1 saturated heterocycles. The van der Waals surface area contributed by atoms with E-state index in [2.05, 4.69) is 52.5 Å². The second kappa shape index (κ2) is 8.56. The highest BCUT2D eigenvalue weighted by Gasteiger charge is 2.18. The molecule has 24 heavy (non-hydrogen) atoms. The third-order valence-corrected chi connectivity index (χ3v) is 5.36. The van der Waals surface area contributed by atoms with Crippen LogP contribution < -0.4 is 4.74 Å². The lowest BCUT2D eigenvalue weighted by atomic mass is 10.1. The lowest BCUT2D eigenvalue weighted by Crippen LogP contribution is -2.45. The lowest BCUT2D eigenvalue weighted by Gasteiger charge is -2.35. The van der Waals surface area contributed by atoms with E-state index in [1.807, 2.05) is 12.1 Å². The molecule has 4 heteroatoms. The largest absolute Gasteiger partial charge is 0.496 e. The van der Waals surface area contributed by atoms with Gasteiger partial charge in [0.15, 0.2) is 0 Å². The van der Waals surface area contributed by atoms with Crippen LogP contribution in [0.25, 0.3) is 0 Å². The Bertz CT molecular complexity index is 636. The van der Waals surface area contributed by atoms with Gasteiger partial charge in [-0.05, 0) is 30.0 Å². The minimum Gasteiger partial charge on any atom is -0.496 e. The molecule has 1 heterocycles. The summed E-state index contributed by atoms with van der Waals surface area (Å²) in [6.45, 7) is 6.50. The summed E-state index contributed by atoms with van der Waals surface area (Å²) in [5.41, 5.74) is 2.69. The summed E-state index contributed by atoms with van der Waals surface area (Å²) in [6.07, 6.45) is 2.12. The van der Waals surface area contributed by atoms with E-state index < -0.39 is 0 Å². The van der Waals surface area contributed by atoms with E-state index in [0.29, 0.717) is 0 Å². The van der Waals surface area contributed by atoms with Gasteiger partial charge in [-0.25, -0.2) is 0 Å². The normalized spacial score (nSPS) is 16.2. The number of ether oxygens (including phenoxy) is 1. The molecule has 0 N–H and O–H groups in total. The number of para-hydroxylation sites is 1. The zero-order chi connectivity index (χ0) is 16.8. The molecular weight excluding hydrogens is 316 g/mol. The summed E-state index contributed by atoms with van der Waals surface area (Å²) in [7, 11) is 1.75. The van der Waals surface area contributed by atoms with E-state index in [9.17, 15) is 0 Å². The van der Waals surface area contributed by atoms with Gasteiger partial charge >= 0.3 is 0 Å². The topological polar surface area (TPSA) is 15.7 Å². The molecule has 128 valence electrons. The molecule has 0 atom stereocenters. The van der Waals surface area contributed by atoms with Crippen LogP contribution in [0.4, 0.5) is 0 Å². The molecule has 0 spiro atoms. The van der Waals surface area contributed by atoms with Crippen LogP contribution in [0.15, 0.2) is 53.4 Å². The van der Waals surface area contributed by atoms with E-state index in [1.54, 1.807) is 18.9 Å². The number of hydrogen-bond acceptors (Lipinski definition) is 4. The van der Waals surface area contributed by atoms with E-state index in [-0.39, 0.29) is 0 Å². The predicted molar refractivity (Wildman–Crippen MR) is 102 cm³/mol. The first kappa shape index (κ1) is 17.3. The minimum atomic E-state index is 0.972. The Morgan fingerprint density at radius 2 is 1.50 bits per heavy atom. The third-order valence-electron chi connectivity index (χ3n) is 4.62. The van der Waals surface area contributed by atoms with Gasteiger partial charge in [0, 0.05) is 49.7 Å². The molecule has 3 rings (SSSR count). The lowest BCUT2D eigenvalue weighted by molar-refractivity contribution is 0.121. The molecule has 0 unspecified atom stereocenters. The number of methoxy groups -OCH3 is 1. The molecule has 3 nitrogen and oxygen atoms in total. The second-order valence-corrected chi connectivity index (χ2v) is 7.09. The highest BCUT2D eigenvalue weighted by atomic mass is 32.2. The van der Waals surface area contributed by atoms with Gasteiger partial charge in [0.05, 0.1) is 7.11 Å². The molecule has 0 aliphatic carbocycles. The van der Waals surface area contributed by atoms with Crippen LogP contribution in [0, 0.1) is 0 Å². The minimum absolute atomic E-state index is 0.972. The Hall–Kier alpha value is -1.49. The number of nitrogens with zero attached hydrogens (tertiary/aromatic N) is 2. The average Bonchev–Trinajstić information content (AvgIpc) is 2.64. The highest BCUT2D eigenvalue weighted by Crippen LogP contribution is 2.20. The van der Waals surface area contributed by atoms with Gasteiger partial charge in [0.25, 0.3) is 0 Å². The standard InChI is InChI=1S/C20H26N2OS/c1-23-20-6-4-3-5-18(20)16-22-13-11-21(12-14-22)15-17-7-9-19(24-2)10-8-17/h3-10H,11-16H2,1-2H3. The Labute approximate surface area is 149 Å². The Balaban J connectivity index is 1.50. The van der Waals surface area contributed by atoms with Gasteiger partial charge in [-0.3, -0.25) is 9.80 Å². The summed E-state index contributed by atoms with van der Waals surface area (Å²) in [5.74, 6) is 0.994. The second-order valence-electron chi connectivity index (χ2n) is 6.21. The fourth-order valence-electron chi connectivity index (χ4n) is 3.17. The molecule has 1 fully saturated rings. The number of hydrogen-bond donors (Lipinski definition) is 0. The van der Waals surface area contributed by atoms with Gasteiger partial charge in [0.2, 0.25) is 0 Å². The van der Waals surface area contributed by atoms with Gasteiger partial charge in [-0.2, -0.15) is 0 Å². The zero-order valence-corrected chi connectivity index (χ0v) is 15.4. The summed E-state index contributed by atoms with van der Waals surface area (Å²) >= 11 is 1.80. The molecule has 0 amide bonds. The van der Waals surface area contributed by atoms with Crippen molar-refractivity contribution in [3.63, 3.8) is 0 Å². The SMILES string of the molecule is COc1ccccc1CN1CCN(Cc2ccc(SC)cc2)CC1. The van der Waals surface area contributed by atoms with E-state index in [1.165, 1.54) is 16.0 Å². The smallest absolute Gasteiger partial charge is 0.123 e. The van der Waals surface area contributed by atoms with Crippen molar-refractivity contribution in [1.82, 2.24) is 9.80 Å². The van der Waals surface area contributed by atoms with Crippen molar-refractivity contribution in [1.29, 1.82) is 0 Å². The van der Waals surface area contributed by atoms with Crippen molar-refractivity contribution < 1.29 is 4.74 Å². The number of benzene rings is 2. The van der Waals surface area contributed by atoms with Crippen molar-refractivity contribution in [3.05, 3.63) is 59.7 Å². The monoisotopic (exact) mass is 342 g/mol. The fraction of sp³-hybridized carbons (Fsp3) is 0.400. The maximum Gasteiger partial charge on any atom is 0.123 e.